The van der Waals surface area contributed by atoms with Crippen LogP contribution in [-0.4, -0.2) is 51.4 Å². The fourth-order valence-electron chi connectivity index (χ4n) is 4.75. The van der Waals surface area contributed by atoms with E-state index in [0.29, 0.717) is 6.54 Å². The van der Waals surface area contributed by atoms with Crippen molar-refractivity contribution in [2.45, 2.75) is 30.8 Å². The molecule has 4 aromatic rings. The van der Waals surface area contributed by atoms with E-state index >= 15 is 0 Å². The molecule has 0 aliphatic carbocycles. The molecule has 0 heterocycles. The quantitative estimate of drug-likeness (QED) is 0.210. The molecule has 4 aromatic carbocycles. The normalized spacial score (nSPS) is 11.8. The zero-order valence-corrected chi connectivity index (χ0v) is 25.9. The van der Waals surface area contributed by atoms with Gasteiger partial charge < -0.3 is 15.0 Å². The number of hydrogen-bond donors (Lipinski definition) is 1. The van der Waals surface area contributed by atoms with Crippen molar-refractivity contribution in [1.29, 1.82) is 0 Å². The highest BCUT2D eigenvalue weighted by atomic mass is 35.5. The van der Waals surface area contributed by atoms with Crippen LogP contribution in [0.25, 0.3) is 0 Å². The highest BCUT2D eigenvalue weighted by Gasteiger charge is 2.35. The van der Waals surface area contributed by atoms with E-state index in [9.17, 15) is 22.4 Å². The van der Waals surface area contributed by atoms with Gasteiger partial charge in [0.05, 0.1) is 17.7 Å². The number of methoxy groups -OCH3 is 1. The van der Waals surface area contributed by atoms with Crippen LogP contribution in [0, 0.1) is 5.82 Å². The summed E-state index contributed by atoms with van der Waals surface area (Å²) in [6.07, 6.45) is 0.110. The Hall–Kier alpha value is -4.41. The summed E-state index contributed by atoms with van der Waals surface area (Å²) in [5.74, 6) is -1.60. The number of carbonyl (C=O) groups is 2. The van der Waals surface area contributed by atoms with Crippen LogP contribution < -0.4 is 14.4 Å². The SMILES string of the molecule is CCNC(=O)C(Cc1ccccc1)N(Cc1ccccc1F)C(=O)CN(c1cc(Cl)ccc1OC)S(=O)(=O)c1ccccc1. The van der Waals surface area contributed by atoms with Gasteiger partial charge >= 0.3 is 0 Å². The third-order valence-electron chi connectivity index (χ3n) is 6.94. The third kappa shape index (κ3) is 7.75. The molecule has 8 nitrogen and oxygen atoms in total. The summed E-state index contributed by atoms with van der Waals surface area (Å²) in [5.41, 5.74) is 0.960. The summed E-state index contributed by atoms with van der Waals surface area (Å²) in [6.45, 7) is 1.03. The number of benzene rings is 4. The molecule has 2 amide bonds. The number of amides is 2. The average Bonchev–Trinajstić information content (AvgIpc) is 3.03. The predicted molar refractivity (Wildman–Crippen MR) is 169 cm³/mol. The summed E-state index contributed by atoms with van der Waals surface area (Å²) < 4.78 is 49.5. The molecule has 0 saturated heterocycles. The molecule has 0 bridgehead atoms. The summed E-state index contributed by atoms with van der Waals surface area (Å²) in [4.78, 5) is 29.1. The minimum atomic E-state index is -4.36. The molecule has 0 fully saturated rings. The van der Waals surface area contributed by atoms with Crippen molar-refractivity contribution in [3.8, 4) is 5.75 Å². The number of ether oxygens (including phenoxy) is 1. The lowest BCUT2D eigenvalue weighted by Crippen LogP contribution is -2.53. The Morgan fingerprint density at radius 3 is 2.20 bits per heavy atom. The smallest absolute Gasteiger partial charge is 0.264 e. The molecule has 0 saturated carbocycles. The zero-order valence-electron chi connectivity index (χ0n) is 24.3. The molecule has 0 aromatic heterocycles. The molecule has 1 N–H and O–H groups in total. The molecule has 11 heteroatoms. The molecule has 230 valence electrons. The number of carbonyl (C=O) groups excluding carboxylic acids is 2. The average molecular weight is 638 g/mol. The van der Waals surface area contributed by atoms with E-state index in [-0.39, 0.29) is 39.9 Å². The topological polar surface area (TPSA) is 96.0 Å². The van der Waals surface area contributed by atoms with E-state index in [1.165, 1.54) is 60.5 Å². The number of likely N-dealkylation sites (N-methyl/N-ethyl adjacent to an activating group) is 1. The molecule has 0 aliphatic heterocycles. The fraction of sp³-hybridized carbons (Fsp3) is 0.212. The van der Waals surface area contributed by atoms with Gasteiger partial charge in [0.1, 0.15) is 24.2 Å². The van der Waals surface area contributed by atoms with Crippen molar-refractivity contribution >= 4 is 39.1 Å². The summed E-state index contributed by atoms with van der Waals surface area (Å²) in [5, 5.41) is 2.99. The van der Waals surface area contributed by atoms with Gasteiger partial charge in [-0.15, -0.1) is 0 Å². The van der Waals surface area contributed by atoms with Crippen molar-refractivity contribution in [2.75, 3.05) is 24.5 Å². The lowest BCUT2D eigenvalue weighted by Gasteiger charge is -2.34. The predicted octanol–water partition coefficient (Wildman–Crippen LogP) is 5.46. The Morgan fingerprint density at radius 1 is 0.932 bits per heavy atom. The van der Waals surface area contributed by atoms with E-state index in [1.54, 1.807) is 31.2 Å². The van der Waals surface area contributed by atoms with Crippen LogP contribution in [0.15, 0.2) is 108 Å². The number of hydrogen-bond acceptors (Lipinski definition) is 5. The van der Waals surface area contributed by atoms with Crippen LogP contribution >= 0.6 is 11.6 Å². The first-order chi connectivity index (χ1) is 21.1. The van der Waals surface area contributed by atoms with Gasteiger partial charge in [-0.2, -0.15) is 0 Å². The van der Waals surface area contributed by atoms with Crippen molar-refractivity contribution < 1.29 is 27.1 Å². The lowest BCUT2D eigenvalue weighted by atomic mass is 10.0. The molecule has 0 spiro atoms. The Bertz CT molecular complexity index is 1690. The maximum absolute atomic E-state index is 15.0. The van der Waals surface area contributed by atoms with Crippen LogP contribution in [0.3, 0.4) is 0 Å². The first kappa shape index (κ1) is 32.5. The maximum Gasteiger partial charge on any atom is 0.264 e. The first-order valence-corrected chi connectivity index (χ1v) is 15.7. The third-order valence-corrected chi connectivity index (χ3v) is 8.95. The molecule has 4 rings (SSSR count). The van der Waals surface area contributed by atoms with Crippen LogP contribution in [0.1, 0.15) is 18.1 Å². The molecule has 1 atom stereocenters. The van der Waals surface area contributed by atoms with E-state index in [0.717, 1.165) is 9.87 Å². The minimum absolute atomic E-state index is 0.0284. The second-order valence-corrected chi connectivity index (χ2v) is 12.2. The number of rotatable bonds is 13. The lowest BCUT2D eigenvalue weighted by molar-refractivity contribution is -0.140. The number of halogens is 2. The van der Waals surface area contributed by atoms with E-state index in [4.69, 9.17) is 16.3 Å². The van der Waals surface area contributed by atoms with Crippen molar-refractivity contribution in [1.82, 2.24) is 10.2 Å². The Balaban J connectivity index is 1.85. The molecule has 44 heavy (non-hydrogen) atoms. The molecule has 0 radical (unpaired) electrons. The molecular formula is C33H33ClFN3O5S. The first-order valence-electron chi connectivity index (χ1n) is 13.9. The number of nitrogens with one attached hydrogen (secondary N) is 1. The number of anilines is 1. The summed E-state index contributed by atoms with van der Waals surface area (Å²) in [7, 11) is -2.98. The van der Waals surface area contributed by atoms with Crippen molar-refractivity contribution in [3.63, 3.8) is 0 Å². The molecule has 0 aliphatic rings. The summed E-state index contributed by atoms with van der Waals surface area (Å²) >= 11 is 6.29. The van der Waals surface area contributed by atoms with Gasteiger partial charge in [0.25, 0.3) is 10.0 Å². The minimum Gasteiger partial charge on any atom is -0.495 e. The maximum atomic E-state index is 15.0. The van der Waals surface area contributed by atoms with E-state index < -0.39 is 40.2 Å². The van der Waals surface area contributed by atoms with Crippen LogP contribution in [-0.2, 0) is 32.6 Å². The van der Waals surface area contributed by atoms with Crippen LogP contribution in [0.5, 0.6) is 5.75 Å². The van der Waals surface area contributed by atoms with Crippen LogP contribution in [0.2, 0.25) is 5.02 Å². The van der Waals surface area contributed by atoms with Gasteiger partial charge in [0, 0.05) is 30.1 Å². The second kappa shape index (κ2) is 14.9. The Kier molecular flexibility index (Phi) is 11.0. The van der Waals surface area contributed by atoms with Gasteiger partial charge in [-0.1, -0.05) is 78.3 Å². The number of nitrogens with zero attached hydrogens (tertiary/aromatic N) is 2. The second-order valence-electron chi connectivity index (χ2n) is 9.85. The zero-order chi connectivity index (χ0) is 31.7. The van der Waals surface area contributed by atoms with Gasteiger partial charge in [-0.3, -0.25) is 13.9 Å². The van der Waals surface area contributed by atoms with Crippen LogP contribution in [0.4, 0.5) is 10.1 Å². The van der Waals surface area contributed by atoms with Gasteiger partial charge in [0.2, 0.25) is 11.8 Å². The number of sulfonamides is 1. The summed E-state index contributed by atoms with van der Waals surface area (Å²) in [6, 6.07) is 26.0. The van der Waals surface area contributed by atoms with Gasteiger partial charge in [-0.05, 0) is 48.9 Å². The van der Waals surface area contributed by atoms with E-state index in [1.807, 2.05) is 30.3 Å². The molecule has 1 unspecified atom stereocenters. The van der Waals surface area contributed by atoms with Crippen molar-refractivity contribution in [2.24, 2.45) is 0 Å². The monoisotopic (exact) mass is 637 g/mol. The largest absolute Gasteiger partial charge is 0.495 e. The van der Waals surface area contributed by atoms with Crippen molar-refractivity contribution in [3.05, 3.63) is 125 Å². The Labute approximate surface area is 262 Å². The Morgan fingerprint density at radius 2 is 1.57 bits per heavy atom. The van der Waals surface area contributed by atoms with Gasteiger partial charge in [0.15, 0.2) is 0 Å². The van der Waals surface area contributed by atoms with Gasteiger partial charge in [-0.25, -0.2) is 12.8 Å². The standard InChI is InChI=1S/C33H33ClFN3O5S/c1-3-36-33(40)30(20-24-12-6-4-7-13-24)37(22-25-14-10-11-17-28(25)35)32(39)23-38(29-21-26(34)18-19-31(29)43-2)44(41,42)27-15-8-5-9-16-27/h4-19,21,30H,3,20,22-23H2,1-2H3,(H,36,40). The highest BCUT2D eigenvalue weighted by Crippen LogP contribution is 2.35. The molecular weight excluding hydrogens is 605 g/mol. The highest BCUT2D eigenvalue weighted by molar-refractivity contribution is 7.92. The van der Waals surface area contributed by atoms with E-state index in [2.05, 4.69) is 5.32 Å². The fourth-order valence-corrected chi connectivity index (χ4v) is 6.35.